The second-order valence-electron chi connectivity index (χ2n) is 4.60. The highest BCUT2D eigenvalue weighted by Crippen LogP contribution is 2.29. The Morgan fingerprint density at radius 2 is 1.41 bits per heavy atom. The van der Waals surface area contributed by atoms with Gasteiger partial charge in [0, 0.05) is 17.5 Å². The van der Waals surface area contributed by atoms with Crippen molar-refractivity contribution in [3.63, 3.8) is 0 Å². The Morgan fingerprint density at radius 1 is 0.909 bits per heavy atom. The van der Waals surface area contributed by atoms with Crippen LogP contribution in [0.2, 0.25) is 0 Å². The highest BCUT2D eigenvalue weighted by Gasteiger charge is 2.18. The zero-order chi connectivity index (χ0) is 16.5. The second-order valence-corrected chi connectivity index (χ2v) is 4.60. The van der Waals surface area contributed by atoms with E-state index in [-0.39, 0.29) is 11.7 Å². The van der Waals surface area contributed by atoms with Gasteiger partial charge in [-0.3, -0.25) is 4.79 Å². The van der Waals surface area contributed by atoms with Crippen LogP contribution in [0, 0.1) is 0 Å². The lowest BCUT2D eigenvalue weighted by atomic mass is 9.92. The van der Waals surface area contributed by atoms with Crippen molar-refractivity contribution in [1.29, 1.82) is 0 Å². The summed E-state index contributed by atoms with van der Waals surface area (Å²) in [4.78, 5) is 12.5. The first kappa shape index (κ1) is 17.8. The Balaban J connectivity index is 0.00000116. The summed E-state index contributed by atoms with van der Waals surface area (Å²) >= 11 is 0. The van der Waals surface area contributed by atoms with Crippen molar-refractivity contribution >= 4 is 5.78 Å². The van der Waals surface area contributed by atoms with Gasteiger partial charge in [0.15, 0.2) is 5.78 Å². The van der Waals surface area contributed by atoms with E-state index in [1.807, 2.05) is 63.2 Å². The van der Waals surface area contributed by atoms with Crippen LogP contribution in [0.3, 0.4) is 0 Å². The average Bonchev–Trinajstić information content (AvgIpc) is 2.62. The van der Waals surface area contributed by atoms with Crippen LogP contribution in [0.1, 0.15) is 42.6 Å². The van der Waals surface area contributed by atoms with Gasteiger partial charge in [-0.25, -0.2) is 0 Å². The number of rotatable bonds is 5. The second kappa shape index (κ2) is 8.88. The van der Waals surface area contributed by atoms with Crippen LogP contribution in [-0.4, -0.2) is 20.0 Å². The minimum absolute atomic E-state index is 0.0842. The lowest BCUT2D eigenvalue weighted by Gasteiger charge is -2.14. The number of benzene rings is 2. The van der Waals surface area contributed by atoms with Crippen molar-refractivity contribution < 1.29 is 14.3 Å². The third-order valence-corrected chi connectivity index (χ3v) is 3.33. The highest BCUT2D eigenvalue weighted by atomic mass is 16.5. The van der Waals surface area contributed by atoms with E-state index in [1.54, 1.807) is 20.3 Å². The fourth-order valence-electron chi connectivity index (χ4n) is 2.08. The molecule has 0 aliphatic rings. The Bertz CT molecular complexity index is 569. The van der Waals surface area contributed by atoms with Crippen LogP contribution in [-0.2, 0) is 0 Å². The molecule has 0 N–H and O–H groups in total. The van der Waals surface area contributed by atoms with Gasteiger partial charge in [0.05, 0.1) is 14.2 Å². The van der Waals surface area contributed by atoms with Crippen LogP contribution in [0.15, 0.2) is 48.5 Å². The minimum atomic E-state index is -0.249. The molecule has 2 rings (SSSR count). The molecule has 0 aliphatic carbocycles. The van der Waals surface area contributed by atoms with Gasteiger partial charge >= 0.3 is 0 Å². The maximum absolute atomic E-state index is 12.5. The van der Waals surface area contributed by atoms with Crippen LogP contribution >= 0.6 is 0 Å². The van der Waals surface area contributed by atoms with Crippen LogP contribution < -0.4 is 9.47 Å². The maximum atomic E-state index is 12.5. The topological polar surface area (TPSA) is 35.5 Å². The zero-order valence-corrected chi connectivity index (χ0v) is 13.9. The summed E-state index contributed by atoms with van der Waals surface area (Å²) in [7, 11) is 3.20. The Labute approximate surface area is 132 Å². The number of Topliss-reactive ketones (excluding diaryl/α,β-unsaturated/α-hetero) is 1. The molecule has 0 aliphatic heterocycles. The summed E-state index contributed by atoms with van der Waals surface area (Å²) < 4.78 is 10.5. The standard InChI is InChI=1S/C17H18O3.C2H6/c1-12(17(18)13-7-5-4-6-8-13)14-9-15(19-2)11-16(10-14)20-3;1-2/h4-12H,1-3H3;1-2H3. The van der Waals surface area contributed by atoms with E-state index in [0.29, 0.717) is 17.1 Å². The lowest BCUT2D eigenvalue weighted by Crippen LogP contribution is -2.09. The van der Waals surface area contributed by atoms with Gasteiger partial charge in [0.2, 0.25) is 0 Å². The first-order valence-electron chi connectivity index (χ1n) is 7.48. The normalized spacial score (nSPS) is 11.0. The number of ketones is 1. The van der Waals surface area contributed by atoms with E-state index >= 15 is 0 Å². The molecule has 118 valence electrons. The minimum Gasteiger partial charge on any atom is -0.497 e. The summed E-state index contributed by atoms with van der Waals surface area (Å²) in [6.07, 6.45) is 0. The predicted octanol–water partition coefficient (Wildman–Crippen LogP) is 4.72. The van der Waals surface area contributed by atoms with E-state index in [4.69, 9.17) is 9.47 Å². The largest absolute Gasteiger partial charge is 0.497 e. The van der Waals surface area contributed by atoms with E-state index in [2.05, 4.69) is 0 Å². The van der Waals surface area contributed by atoms with Gasteiger partial charge in [-0.2, -0.15) is 0 Å². The molecule has 2 aromatic carbocycles. The molecule has 0 heterocycles. The number of carbonyl (C=O) groups excluding carboxylic acids is 1. The Morgan fingerprint density at radius 3 is 1.86 bits per heavy atom. The number of carbonyl (C=O) groups is 1. The number of methoxy groups -OCH3 is 2. The summed E-state index contributed by atoms with van der Waals surface area (Å²) in [6.45, 7) is 5.89. The van der Waals surface area contributed by atoms with Crippen molar-refractivity contribution in [3.8, 4) is 11.5 Å². The third-order valence-electron chi connectivity index (χ3n) is 3.33. The first-order chi connectivity index (χ1) is 10.7. The number of hydrogen-bond donors (Lipinski definition) is 0. The summed E-state index contributed by atoms with van der Waals surface area (Å²) in [5, 5.41) is 0. The molecule has 22 heavy (non-hydrogen) atoms. The average molecular weight is 300 g/mol. The molecule has 0 radical (unpaired) electrons. The smallest absolute Gasteiger partial charge is 0.170 e. The fraction of sp³-hybridized carbons (Fsp3) is 0.316. The maximum Gasteiger partial charge on any atom is 0.170 e. The van der Waals surface area contributed by atoms with E-state index < -0.39 is 0 Å². The molecule has 0 spiro atoms. The van der Waals surface area contributed by atoms with Crippen molar-refractivity contribution in [2.75, 3.05) is 14.2 Å². The van der Waals surface area contributed by atoms with E-state index in [9.17, 15) is 4.79 Å². The van der Waals surface area contributed by atoms with Gasteiger partial charge in [-0.15, -0.1) is 0 Å². The quantitative estimate of drug-likeness (QED) is 0.750. The van der Waals surface area contributed by atoms with Crippen molar-refractivity contribution in [3.05, 3.63) is 59.7 Å². The summed E-state index contributed by atoms with van der Waals surface area (Å²) in [5.41, 5.74) is 1.59. The zero-order valence-electron chi connectivity index (χ0n) is 13.9. The molecular weight excluding hydrogens is 276 g/mol. The molecule has 1 unspecified atom stereocenters. The number of hydrogen-bond acceptors (Lipinski definition) is 3. The predicted molar refractivity (Wildman–Crippen MR) is 90.1 cm³/mol. The van der Waals surface area contributed by atoms with Gasteiger partial charge in [-0.1, -0.05) is 51.1 Å². The molecule has 3 nitrogen and oxygen atoms in total. The van der Waals surface area contributed by atoms with Crippen molar-refractivity contribution in [1.82, 2.24) is 0 Å². The van der Waals surface area contributed by atoms with Gasteiger partial charge in [0.25, 0.3) is 0 Å². The molecule has 0 aromatic heterocycles. The first-order valence-corrected chi connectivity index (χ1v) is 7.48. The molecule has 0 bridgehead atoms. The molecule has 0 amide bonds. The van der Waals surface area contributed by atoms with Gasteiger partial charge < -0.3 is 9.47 Å². The SMILES string of the molecule is CC.COc1cc(OC)cc(C(C)C(=O)c2ccccc2)c1. The molecule has 0 saturated carbocycles. The lowest BCUT2D eigenvalue weighted by molar-refractivity contribution is 0.0966. The van der Waals surface area contributed by atoms with Gasteiger partial charge in [-0.05, 0) is 17.7 Å². The molecule has 3 heteroatoms. The summed E-state index contributed by atoms with van der Waals surface area (Å²) in [6, 6.07) is 14.8. The molecule has 0 saturated heterocycles. The third kappa shape index (κ3) is 4.35. The van der Waals surface area contributed by atoms with Crippen LogP contribution in [0.4, 0.5) is 0 Å². The Kier molecular flexibility index (Phi) is 7.17. The van der Waals surface area contributed by atoms with E-state index in [1.165, 1.54) is 0 Å². The summed E-state index contributed by atoms with van der Waals surface area (Å²) in [5.74, 6) is 1.21. The van der Waals surface area contributed by atoms with Crippen LogP contribution in [0.5, 0.6) is 11.5 Å². The highest BCUT2D eigenvalue weighted by molar-refractivity contribution is 6.00. The Hall–Kier alpha value is -2.29. The van der Waals surface area contributed by atoms with E-state index in [0.717, 1.165) is 5.56 Å². The fourth-order valence-corrected chi connectivity index (χ4v) is 2.08. The van der Waals surface area contributed by atoms with Crippen molar-refractivity contribution in [2.45, 2.75) is 26.7 Å². The van der Waals surface area contributed by atoms with Crippen molar-refractivity contribution in [2.24, 2.45) is 0 Å². The van der Waals surface area contributed by atoms with Crippen LogP contribution in [0.25, 0.3) is 0 Å². The monoisotopic (exact) mass is 300 g/mol. The molecule has 1 atom stereocenters. The van der Waals surface area contributed by atoms with Gasteiger partial charge in [0.1, 0.15) is 11.5 Å². The number of ether oxygens (including phenoxy) is 2. The molecular formula is C19H24O3. The molecule has 2 aromatic rings. The molecule has 0 fully saturated rings.